The molecule has 0 fully saturated rings. The van der Waals surface area contributed by atoms with Crippen molar-refractivity contribution in [3.63, 3.8) is 0 Å². The van der Waals surface area contributed by atoms with Crippen LogP contribution in [0, 0.1) is 26.7 Å². The Morgan fingerprint density at radius 1 is 1.11 bits per heavy atom. The molecule has 0 bridgehead atoms. The van der Waals surface area contributed by atoms with E-state index in [9.17, 15) is 9.59 Å². The van der Waals surface area contributed by atoms with Crippen LogP contribution in [0.15, 0.2) is 24.3 Å². The van der Waals surface area contributed by atoms with Gasteiger partial charge < -0.3 is 10.1 Å². The molecule has 1 aromatic carbocycles. The Balaban J connectivity index is 2.03. The van der Waals surface area contributed by atoms with Gasteiger partial charge >= 0.3 is 5.97 Å². The zero-order valence-electron chi connectivity index (χ0n) is 17.0. The lowest BCUT2D eigenvalue weighted by Gasteiger charge is -2.17. The van der Waals surface area contributed by atoms with Crippen molar-refractivity contribution in [2.24, 2.45) is 5.92 Å². The number of rotatable bonds is 7. The fraction of sp³-hybridized carbons (Fsp3) is 0.476. The van der Waals surface area contributed by atoms with Crippen LogP contribution in [0.4, 0.5) is 0 Å². The van der Waals surface area contributed by atoms with Gasteiger partial charge in [-0.1, -0.05) is 43.7 Å². The normalized spacial score (nSPS) is 12.1. The van der Waals surface area contributed by atoms with Gasteiger partial charge in [-0.15, -0.1) is 0 Å². The molecule has 6 heteroatoms. The predicted molar refractivity (Wildman–Crippen MR) is 105 cm³/mol. The van der Waals surface area contributed by atoms with Crippen molar-refractivity contribution in [1.29, 1.82) is 0 Å². The van der Waals surface area contributed by atoms with E-state index in [1.807, 2.05) is 58.9 Å². The largest absolute Gasteiger partial charge is 0.452 e. The van der Waals surface area contributed by atoms with E-state index in [1.165, 1.54) is 5.56 Å². The van der Waals surface area contributed by atoms with Gasteiger partial charge in [-0.3, -0.25) is 9.48 Å². The van der Waals surface area contributed by atoms with Crippen LogP contribution in [0.1, 0.15) is 53.6 Å². The number of aryl methyl sites for hydroxylation is 2. The lowest BCUT2D eigenvalue weighted by Crippen LogP contribution is -2.38. The van der Waals surface area contributed by atoms with Crippen molar-refractivity contribution >= 4 is 11.9 Å². The van der Waals surface area contributed by atoms with Gasteiger partial charge in [0.1, 0.15) is 5.56 Å². The summed E-state index contributed by atoms with van der Waals surface area (Å²) in [4.78, 5) is 24.4. The van der Waals surface area contributed by atoms with Gasteiger partial charge in [0, 0.05) is 6.04 Å². The molecule has 0 aliphatic carbocycles. The number of hydrogen-bond donors (Lipinski definition) is 1. The highest BCUT2D eigenvalue weighted by molar-refractivity contribution is 5.93. The highest BCUT2D eigenvalue weighted by Crippen LogP contribution is 2.16. The van der Waals surface area contributed by atoms with Gasteiger partial charge in [0.05, 0.1) is 17.9 Å². The number of carbonyl (C=O) groups is 2. The first-order valence-electron chi connectivity index (χ1n) is 9.25. The van der Waals surface area contributed by atoms with Crippen LogP contribution < -0.4 is 5.32 Å². The molecular weight excluding hydrogens is 342 g/mol. The van der Waals surface area contributed by atoms with Crippen LogP contribution in [0.3, 0.4) is 0 Å². The van der Waals surface area contributed by atoms with Gasteiger partial charge in [0.2, 0.25) is 0 Å². The molecule has 1 aromatic heterocycles. The lowest BCUT2D eigenvalue weighted by molar-refractivity contribution is -0.125. The van der Waals surface area contributed by atoms with Crippen LogP contribution in [0.25, 0.3) is 0 Å². The summed E-state index contributed by atoms with van der Waals surface area (Å²) >= 11 is 0. The molecule has 146 valence electrons. The number of ether oxygens (including phenoxy) is 1. The Morgan fingerprint density at radius 2 is 1.74 bits per heavy atom. The van der Waals surface area contributed by atoms with Crippen molar-refractivity contribution in [3.8, 4) is 0 Å². The van der Waals surface area contributed by atoms with E-state index in [2.05, 4.69) is 10.4 Å². The SMILES string of the molecule is Cc1ccc(Cn2nc(C)c(C(=O)OCC(=O)N[C@@H](C)C(C)C)c2C)cc1. The zero-order valence-corrected chi connectivity index (χ0v) is 17.0. The molecule has 0 saturated heterocycles. The van der Waals surface area contributed by atoms with E-state index in [4.69, 9.17) is 4.74 Å². The topological polar surface area (TPSA) is 73.2 Å². The molecule has 0 aliphatic heterocycles. The second-order valence-corrected chi connectivity index (χ2v) is 7.37. The smallest absolute Gasteiger partial charge is 0.342 e. The average Bonchev–Trinajstić information content (AvgIpc) is 2.88. The number of nitrogens with zero attached hydrogens (tertiary/aromatic N) is 2. The van der Waals surface area contributed by atoms with Crippen molar-refractivity contribution in [2.75, 3.05) is 6.61 Å². The molecule has 1 amide bonds. The number of hydrogen-bond acceptors (Lipinski definition) is 4. The quantitative estimate of drug-likeness (QED) is 0.759. The number of amides is 1. The molecule has 2 rings (SSSR count). The maximum absolute atomic E-state index is 12.5. The molecule has 6 nitrogen and oxygen atoms in total. The van der Waals surface area contributed by atoms with Gasteiger partial charge in [0.25, 0.3) is 5.91 Å². The predicted octanol–water partition coefficient (Wildman–Crippen LogP) is 3.17. The maximum atomic E-state index is 12.5. The third-order valence-electron chi connectivity index (χ3n) is 4.76. The van der Waals surface area contributed by atoms with E-state index in [1.54, 1.807) is 11.6 Å². The fourth-order valence-electron chi connectivity index (χ4n) is 2.68. The second kappa shape index (κ2) is 8.84. The van der Waals surface area contributed by atoms with E-state index >= 15 is 0 Å². The van der Waals surface area contributed by atoms with E-state index in [0.717, 1.165) is 11.3 Å². The van der Waals surface area contributed by atoms with Crippen LogP contribution in [-0.2, 0) is 16.1 Å². The minimum Gasteiger partial charge on any atom is -0.452 e. The third kappa shape index (κ3) is 5.42. The molecule has 0 unspecified atom stereocenters. The zero-order chi connectivity index (χ0) is 20.1. The molecule has 1 heterocycles. The summed E-state index contributed by atoms with van der Waals surface area (Å²) in [5.41, 5.74) is 4.05. The Morgan fingerprint density at radius 3 is 2.33 bits per heavy atom. The summed E-state index contributed by atoms with van der Waals surface area (Å²) in [7, 11) is 0. The second-order valence-electron chi connectivity index (χ2n) is 7.37. The molecule has 0 aliphatic rings. The lowest BCUT2D eigenvalue weighted by atomic mass is 10.1. The highest BCUT2D eigenvalue weighted by atomic mass is 16.5. The number of esters is 1. The van der Waals surface area contributed by atoms with E-state index in [0.29, 0.717) is 23.7 Å². The Labute approximate surface area is 160 Å². The third-order valence-corrected chi connectivity index (χ3v) is 4.76. The van der Waals surface area contributed by atoms with Crippen LogP contribution in [0.5, 0.6) is 0 Å². The van der Waals surface area contributed by atoms with Crippen molar-refractivity contribution in [2.45, 2.75) is 54.1 Å². The van der Waals surface area contributed by atoms with Crippen LogP contribution >= 0.6 is 0 Å². The molecule has 27 heavy (non-hydrogen) atoms. The van der Waals surface area contributed by atoms with Crippen LogP contribution in [-0.4, -0.2) is 34.3 Å². The van der Waals surface area contributed by atoms with Crippen LogP contribution in [0.2, 0.25) is 0 Å². The van der Waals surface area contributed by atoms with Crippen molar-refractivity contribution < 1.29 is 14.3 Å². The molecular formula is C21H29N3O3. The molecule has 0 saturated carbocycles. The summed E-state index contributed by atoms with van der Waals surface area (Å²) in [6.07, 6.45) is 0. The summed E-state index contributed by atoms with van der Waals surface area (Å²) in [5.74, 6) is -0.506. The summed E-state index contributed by atoms with van der Waals surface area (Å²) < 4.78 is 7.00. The van der Waals surface area contributed by atoms with E-state index < -0.39 is 5.97 Å². The number of carbonyl (C=O) groups excluding carboxylic acids is 2. The Kier molecular flexibility index (Phi) is 6.77. The van der Waals surface area contributed by atoms with Crippen molar-refractivity contribution in [1.82, 2.24) is 15.1 Å². The molecule has 1 atom stereocenters. The average molecular weight is 371 g/mol. The van der Waals surface area contributed by atoms with Gasteiger partial charge in [-0.05, 0) is 39.2 Å². The first-order valence-corrected chi connectivity index (χ1v) is 9.25. The first-order chi connectivity index (χ1) is 12.7. The fourth-order valence-corrected chi connectivity index (χ4v) is 2.68. The summed E-state index contributed by atoms with van der Waals surface area (Å²) in [5, 5.41) is 7.28. The van der Waals surface area contributed by atoms with Gasteiger partial charge in [0.15, 0.2) is 6.61 Å². The Hall–Kier alpha value is -2.63. The first kappa shape index (κ1) is 20.7. The minimum atomic E-state index is -0.521. The molecule has 2 aromatic rings. The number of aromatic nitrogens is 2. The van der Waals surface area contributed by atoms with Crippen molar-refractivity contribution in [3.05, 3.63) is 52.3 Å². The number of benzene rings is 1. The number of nitrogens with one attached hydrogen (secondary N) is 1. The summed E-state index contributed by atoms with van der Waals surface area (Å²) in [6, 6.07) is 8.21. The molecule has 0 radical (unpaired) electrons. The maximum Gasteiger partial charge on any atom is 0.342 e. The Bertz CT molecular complexity index is 807. The van der Waals surface area contributed by atoms with Gasteiger partial charge in [-0.25, -0.2) is 4.79 Å². The molecule has 0 spiro atoms. The standard InChI is InChI=1S/C21H29N3O3/c1-13(2)15(4)22-19(25)12-27-21(26)20-16(5)23-24(17(20)6)11-18-9-7-14(3)8-10-18/h7-10,13,15H,11-12H2,1-6H3,(H,22,25)/t15-/m0/s1. The van der Waals surface area contributed by atoms with Gasteiger partial charge in [-0.2, -0.15) is 5.10 Å². The molecule has 1 N–H and O–H groups in total. The summed E-state index contributed by atoms with van der Waals surface area (Å²) in [6.45, 7) is 11.9. The minimum absolute atomic E-state index is 0.0249. The monoisotopic (exact) mass is 371 g/mol. The van der Waals surface area contributed by atoms with E-state index in [-0.39, 0.29) is 18.6 Å². The highest BCUT2D eigenvalue weighted by Gasteiger charge is 2.21.